The summed E-state index contributed by atoms with van der Waals surface area (Å²) in [7, 11) is 0. The highest BCUT2D eigenvalue weighted by Crippen LogP contribution is 2.42. The van der Waals surface area contributed by atoms with Gasteiger partial charge in [0, 0.05) is 0 Å². The highest BCUT2D eigenvalue weighted by atomic mass is 14.3. The summed E-state index contributed by atoms with van der Waals surface area (Å²) in [5, 5.41) is 0. The molecule has 1 aromatic carbocycles. The first-order valence-electron chi connectivity index (χ1n) is 6.32. The molecule has 2 unspecified atom stereocenters. The maximum absolute atomic E-state index is 2.35. The van der Waals surface area contributed by atoms with E-state index in [4.69, 9.17) is 0 Å². The maximum atomic E-state index is 2.35. The van der Waals surface area contributed by atoms with E-state index in [9.17, 15) is 0 Å². The van der Waals surface area contributed by atoms with Gasteiger partial charge in [0.05, 0.1) is 0 Å². The van der Waals surface area contributed by atoms with E-state index < -0.39 is 0 Å². The fourth-order valence-corrected chi connectivity index (χ4v) is 3.06. The first kappa shape index (κ1) is 10.7. The van der Waals surface area contributed by atoms with Crippen molar-refractivity contribution in [3.05, 3.63) is 35.9 Å². The highest BCUT2D eigenvalue weighted by Gasteiger charge is 2.28. The second-order valence-corrected chi connectivity index (χ2v) is 5.34. The van der Waals surface area contributed by atoms with E-state index in [0.717, 1.165) is 17.8 Å². The Morgan fingerprint density at radius 1 is 1.13 bits per heavy atom. The van der Waals surface area contributed by atoms with Crippen molar-refractivity contribution in [2.75, 3.05) is 0 Å². The monoisotopic (exact) mass is 202 g/mol. The smallest absolute Gasteiger partial charge is 0.0134 e. The lowest BCUT2D eigenvalue weighted by Gasteiger charge is -2.21. The lowest BCUT2D eigenvalue weighted by molar-refractivity contribution is 0.384. The number of rotatable bonds is 3. The number of hydrogen-bond acceptors (Lipinski definition) is 0. The van der Waals surface area contributed by atoms with Crippen LogP contribution in [0.15, 0.2) is 30.3 Å². The normalized spacial score (nSPS) is 26.1. The molecule has 0 aliphatic heterocycles. The summed E-state index contributed by atoms with van der Waals surface area (Å²) < 4.78 is 0. The van der Waals surface area contributed by atoms with E-state index in [1.807, 2.05) is 0 Å². The predicted octanol–water partition coefficient (Wildman–Crippen LogP) is 4.62. The zero-order chi connectivity index (χ0) is 10.7. The van der Waals surface area contributed by atoms with Gasteiger partial charge in [-0.05, 0) is 42.6 Å². The van der Waals surface area contributed by atoms with E-state index in [1.165, 1.54) is 25.7 Å². The average Bonchev–Trinajstić information content (AvgIpc) is 2.66. The van der Waals surface area contributed by atoms with Gasteiger partial charge >= 0.3 is 0 Å². The van der Waals surface area contributed by atoms with Crippen LogP contribution in [0, 0.1) is 11.8 Å². The van der Waals surface area contributed by atoms with E-state index in [1.54, 1.807) is 5.56 Å². The van der Waals surface area contributed by atoms with Crippen molar-refractivity contribution in [3.63, 3.8) is 0 Å². The van der Waals surface area contributed by atoms with Gasteiger partial charge in [0.2, 0.25) is 0 Å². The largest absolute Gasteiger partial charge is 0.0628 e. The quantitative estimate of drug-likeness (QED) is 0.671. The summed E-state index contributed by atoms with van der Waals surface area (Å²) in [6, 6.07) is 11.1. The van der Waals surface area contributed by atoms with Crippen LogP contribution >= 0.6 is 0 Å². The molecular formula is C15H22. The van der Waals surface area contributed by atoms with Crippen LogP contribution in [-0.2, 0) is 0 Å². The summed E-state index contributed by atoms with van der Waals surface area (Å²) in [4.78, 5) is 0. The van der Waals surface area contributed by atoms with Gasteiger partial charge in [0.25, 0.3) is 0 Å². The molecular weight excluding hydrogens is 180 g/mol. The molecule has 82 valence electrons. The lowest BCUT2D eigenvalue weighted by atomic mass is 9.84. The summed E-state index contributed by atoms with van der Waals surface area (Å²) >= 11 is 0. The Morgan fingerprint density at radius 3 is 2.53 bits per heavy atom. The molecule has 15 heavy (non-hydrogen) atoms. The Bertz CT molecular complexity index is 286. The molecule has 0 N–H and O–H groups in total. The molecule has 0 saturated heterocycles. The summed E-state index contributed by atoms with van der Waals surface area (Å²) in [6.45, 7) is 4.70. The zero-order valence-electron chi connectivity index (χ0n) is 9.95. The summed E-state index contributed by atoms with van der Waals surface area (Å²) in [5.74, 6) is 2.63. The molecule has 0 heteroatoms. The molecule has 1 fully saturated rings. The van der Waals surface area contributed by atoms with Crippen molar-refractivity contribution in [2.45, 2.75) is 45.4 Å². The molecule has 0 nitrogen and oxygen atoms in total. The van der Waals surface area contributed by atoms with Gasteiger partial charge in [-0.3, -0.25) is 0 Å². The van der Waals surface area contributed by atoms with Crippen LogP contribution < -0.4 is 0 Å². The van der Waals surface area contributed by atoms with Crippen LogP contribution in [0.4, 0.5) is 0 Å². The van der Waals surface area contributed by atoms with Gasteiger partial charge in [-0.1, -0.05) is 50.6 Å². The van der Waals surface area contributed by atoms with E-state index in [0.29, 0.717) is 0 Å². The highest BCUT2D eigenvalue weighted by molar-refractivity contribution is 5.21. The van der Waals surface area contributed by atoms with Crippen molar-refractivity contribution in [1.82, 2.24) is 0 Å². The van der Waals surface area contributed by atoms with Crippen LogP contribution in [0.5, 0.6) is 0 Å². The second-order valence-electron chi connectivity index (χ2n) is 5.34. The van der Waals surface area contributed by atoms with Gasteiger partial charge in [-0.2, -0.15) is 0 Å². The molecule has 0 amide bonds. The minimum absolute atomic E-state index is 0.841. The summed E-state index contributed by atoms with van der Waals surface area (Å²) in [6.07, 6.45) is 5.68. The van der Waals surface area contributed by atoms with Crippen molar-refractivity contribution in [2.24, 2.45) is 11.8 Å². The summed E-state index contributed by atoms with van der Waals surface area (Å²) in [5.41, 5.74) is 1.57. The zero-order valence-corrected chi connectivity index (χ0v) is 9.95. The molecule has 1 aliphatic rings. The van der Waals surface area contributed by atoms with E-state index in [-0.39, 0.29) is 0 Å². The minimum Gasteiger partial charge on any atom is -0.0628 e. The third-order valence-corrected chi connectivity index (χ3v) is 3.66. The van der Waals surface area contributed by atoms with E-state index >= 15 is 0 Å². The van der Waals surface area contributed by atoms with Gasteiger partial charge in [-0.15, -0.1) is 0 Å². The van der Waals surface area contributed by atoms with Gasteiger partial charge in [-0.25, -0.2) is 0 Å². The molecule has 0 bridgehead atoms. The minimum atomic E-state index is 0.841. The van der Waals surface area contributed by atoms with Crippen molar-refractivity contribution >= 4 is 0 Å². The van der Waals surface area contributed by atoms with Crippen LogP contribution in [0.3, 0.4) is 0 Å². The van der Waals surface area contributed by atoms with Crippen LogP contribution in [-0.4, -0.2) is 0 Å². The Labute approximate surface area is 93.7 Å². The Balaban J connectivity index is 2.08. The molecule has 0 aromatic heterocycles. The SMILES string of the molecule is CC(C)CC1CCCC1c1ccccc1. The van der Waals surface area contributed by atoms with Crippen molar-refractivity contribution in [1.29, 1.82) is 0 Å². The third kappa shape index (κ3) is 2.62. The Kier molecular flexibility index (Phi) is 3.45. The maximum Gasteiger partial charge on any atom is -0.0134 e. The van der Waals surface area contributed by atoms with Crippen LogP contribution in [0.1, 0.15) is 51.0 Å². The molecule has 1 aliphatic carbocycles. The molecule has 1 aromatic rings. The third-order valence-electron chi connectivity index (χ3n) is 3.66. The molecule has 0 spiro atoms. The van der Waals surface area contributed by atoms with Crippen molar-refractivity contribution in [3.8, 4) is 0 Å². The first-order chi connectivity index (χ1) is 7.27. The molecule has 1 saturated carbocycles. The molecule has 2 rings (SSSR count). The van der Waals surface area contributed by atoms with Gasteiger partial charge in [0.15, 0.2) is 0 Å². The Hall–Kier alpha value is -0.780. The van der Waals surface area contributed by atoms with E-state index in [2.05, 4.69) is 44.2 Å². The predicted molar refractivity (Wildman–Crippen MR) is 66.0 cm³/mol. The lowest BCUT2D eigenvalue weighted by Crippen LogP contribution is -2.09. The Morgan fingerprint density at radius 2 is 1.87 bits per heavy atom. The fourth-order valence-electron chi connectivity index (χ4n) is 3.06. The van der Waals surface area contributed by atoms with Gasteiger partial charge in [0.1, 0.15) is 0 Å². The van der Waals surface area contributed by atoms with Gasteiger partial charge < -0.3 is 0 Å². The standard InChI is InChI=1S/C15H22/c1-12(2)11-14-9-6-10-15(14)13-7-4-3-5-8-13/h3-5,7-8,12,14-15H,6,9-11H2,1-2H3. The van der Waals surface area contributed by atoms with Crippen molar-refractivity contribution < 1.29 is 0 Å². The number of benzene rings is 1. The topological polar surface area (TPSA) is 0 Å². The average molecular weight is 202 g/mol. The molecule has 0 radical (unpaired) electrons. The fraction of sp³-hybridized carbons (Fsp3) is 0.600. The first-order valence-corrected chi connectivity index (χ1v) is 6.32. The molecule has 2 atom stereocenters. The molecule has 0 heterocycles. The number of hydrogen-bond donors (Lipinski definition) is 0. The van der Waals surface area contributed by atoms with Crippen LogP contribution in [0.25, 0.3) is 0 Å². The van der Waals surface area contributed by atoms with Crippen LogP contribution in [0.2, 0.25) is 0 Å². The second kappa shape index (κ2) is 4.83.